The molecule has 0 fully saturated rings. The Morgan fingerprint density at radius 1 is 1.27 bits per heavy atom. The van der Waals surface area contributed by atoms with Gasteiger partial charge in [-0.3, -0.25) is 10.1 Å². The van der Waals surface area contributed by atoms with Crippen molar-refractivity contribution in [3.05, 3.63) is 53.6 Å². The third-order valence-corrected chi connectivity index (χ3v) is 3.31. The predicted octanol–water partition coefficient (Wildman–Crippen LogP) is 1.02. The summed E-state index contributed by atoms with van der Waals surface area (Å²) in [7, 11) is 1.82. The number of hydrogen-bond acceptors (Lipinski definition) is 5. The van der Waals surface area contributed by atoms with Crippen molar-refractivity contribution in [3.8, 4) is 0 Å². The molecule has 0 saturated carbocycles. The maximum atomic E-state index is 12.1. The number of hydrogen-bond donors (Lipinski definition) is 1. The summed E-state index contributed by atoms with van der Waals surface area (Å²) in [4.78, 5) is 16.2. The van der Waals surface area contributed by atoms with Gasteiger partial charge in [0.25, 0.3) is 5.91 Å². The van der Waals surface area contributed by atoms with E-state index in [1.54, 1.807) is 33.8 Å². The number of aryl methyl sites for hydroxylation is 2. The second kappa shape index (κ2) is 5.76. The molecular weight excluding hydrogens is 282 g/mol. The molecule has 22 heavy (non-hydrogen) atoms. The summed E-state index contributed by atoms with van der Waals surface area (Å²) in [6.07, 6.45) is 3.40. The maximum absolute atomic E-state index is 12.1. The highest BCUT2D eigenvalue weighted by Crippen LogP contribution is 2.09. The minimum atomic E-state index is -0.195. The minimum Gasteiger partial charge on any atom is -0.320 e. The Hall–Kier alpha value is -3.03. The number of tetrazole rings is 1. The molecule has 3 rings (SSSR count). The van der Waals surface area contributed by atoms with Crippen LogP contribution in [0.2, 0.25) is 0 Å². The monoisotopic (exact) mass is 297 g/mol. The van der Waals surface area contributed by atoms with Crippen molar-refractivity contribution in [3.63, 3.8) is 0 Å². The summed E-state index contributed by atoms with van der Waals surface area (Å²) in [6.45, 7) is 2.41. The second-order valence-corrected chi connectivity index (χ2v) is 4.90. The van der Waals surface area contributed by atoms with Gasteiger partial charge in [-0.25, -0.2) is 9.67 Å². The van der Waals surface area contributed by atoms with Crippen LogP contribution < -0.4 is 5.32 Å². The van der Waals surface area contributed by atoms with Gasteiger partial charge < -0.3 is 4.57 Å². The molecule has 8 heteroatoms. The van der Waals surface area contributed by atoms with E-state index in [-0.39, 0.29) is 5.91 Å². The Bertz CT molecular complexity index is 788. The molecule has 0 saturated heterocycles. The van der Waals surface area contributed by atoms with Crippen LogP contribution in [0.3, 0.4) is 0 Å². The fourth-order valence-corrected chi connectivity index (χ4v) is 1.99. The number of nitrogens with zero attached hydrogens (tertiary/aromatic N) is 6. The number of anilines is 1. The van der Waals surface area contributed by atoms with Crippen LogP contribution in [0.15, 0.2) is 36.7 Å². The lowest BCUT2D eigenvalue weighted by atomic mass is 10.1. The third kappa shape index (κ3) is 2.85. The first-order valence-corrected chi connectivity index (χ1v) is 6.74. The van der Waals surface area contributed by atoms with E-state index < -0.39 is 0 Å². The van der Waals surface area contributed by atoms with Gasteiger partial charge in [0.1, 0.15) is 5.82 Å². The molecule has 0 aliphatic heterocycles. The largest absolute Gasteiger partial charge is 0.320 e. The molecule has 0 aliphatic carbocycles. The average molecular weight is 297 g/mol. The van der Waals surface area contributed by atoms with Crippen LogP contribution in [0.1, 0.15) is 21.7 Å². The Morgan fingerprint density at radius 3 is 2.64 bits per heavy atom. The predicted molar refractivity (Wildman–Crippen MR) is 79.3 cm³/mol. The molecule has 0 spiro atoms. The van der Waals surface area contributed by atoms with Crippen molar-refractivity contribution in [1.29, 1.82) is 0 Å². The first-order valence-electron chi connectivity index (χ1n) is 6.74. The third-order valence-electron chi connectivity index (χ3n) is 3.31. The van der Waals surface area contributed by atoms with Gasteiger partial charge in [-0.2, -0.15) is 0 Å². The molecule has 2 aromatic heterocycles. The lowest BCUT2D eigenvalue weighted by Gasteiger charge is -2.06. The summed E-state index contributed by atoms with van der Waals surface area (Å²) in [6, 6.07) is 7.31. The molecule has 2 heterocycles. The number of rotatable bonds is 4. The van der Waals surface area contributed by atoms with Crippen LogP contribution in [-0.2, 0) is 13.6 Å². The van der Waals surface area contributed by atoms with E-state index in [4.69, 9.17) is 0 Å². The summed E-state index contributed by atoms with van der Waals surface area (Å²) in [5.41, 5.74) is 1.59. The number of aromatic nitrogens is 6. The summed E-state index contributed by atoms with van der Waals surface area (Å²) >= 11 is 0. The zero-order chi connectivity index (χ0) is 15.5. The summed E-state index contributed by atoms with van der Waals surface area (Å²) in [5.74, 6) is 1.06. The molecule has 0 unspecified atom stereocenters. The molecular formula is C14H15N7O. The SMILES string of the molecule is Cc1nnnn1Cc1ccc(C(=O)Nc2nccn2C)cc1. The fraction of sp³-hybridized carbons (Fsp3) is 0.214. The number of carbonyl (C=O) groups excluding carboxylic acids is 1. The van der Waals surface area contributed by atoms with Crippen LogP contribution in [0.25, 0.3) is 0 Å². The van der Waals surface area contributed by atoms with Gasteiger partial charge in [0.15, 0.2) is 0 Å². The number of nitrogens with one attached hydrogen (secondary N) is 1. The van der Waals surface area contributed by atoms with E-state index in [0.29, 0.717) is 18.1 Å². The van der Waals surface area contributed by atoms with Gasteiger partial charge in [0, 0.05) is 25.0 Å². The van der Waals surface area contributed by atoms with Crippen LogP contribution >= 0.6 is 0 Å². The van der Waals surface area contributed by atoms with Gasteiger partial charge in [0.2, 0.25) is 5.95 Å². The molecule has 0 aliphatic rings. The zero-order valence-electron chi connectivity index (χ0n) is 12.3. The molecule has 1 aromatic carbocycles. The Kier molecular flexibility index (Phi) is 3.65. The topological polar surface area (TPSA) is 90.5 Å². The number of amides is 1. The molecule has 1 N–H and O–H groups in total. The lowest BCUT2D eigenvalue weighted by molar-refractivity contribution is 0.102. The van der Waals surface area contributed by atoms with E-state index in [1.807, 2.05) is 26.1 Å². The quantitative estimate of drug-likeness (QED) is 0.776. The zero-order valence-corrected chi connectivity index (χ0v) is 12.3. The Morgan fingerprint density at radius 2 is 2.05 bits per heavy atom. The van der Waals surface area contributed by atoms with Crippen molar-refractivity contribution >= 4 is 11.9 Å². The molecule has 1 amide bonds. The minimum absolute atomic E-state index is 0.195. The molecule has 112 valence electrons. The van der Waals surface area contributed by atoms with Crippen molar-refractivity contribution in [1.82, 2.24) is 29.8 Å². The van der Waals surface area contributed by atoms with Gasteiger partial charge in [-0.1, -0.05) is 12.1 Å². The molecule has 3 aromatic rings. The van der Waals surface area contributed by atoms with Gasteiger partial charge >= 0.3 is 0 Å². The summed E-state index contributed by atoms with van der Waals surface area (Å²) in [5, 5.41) is 14.1. The standard InChI is InChI=1S/C14H15N7O/c1-10-17-18-19-21(10)9-11-3-5-12(6-4-11)13(22)16-14-15-7-8-20(14)2/h3-8H,9H2,1-2H3,(H,15,16,22). The molecule has 8 nitrogen and oxygen atoms in total. The highest BCUT2D eigenvalue weighted by molar-refractivity contribution is 6.03. The first-order chi connectivity index (χ1) is 10.6. The highest BCUT2D eigenvalue weighted by atomic mass is 16.1. The van der Waals surface area contributed by atoms with E-state index in [2.05, 4.69) is 25.8 Å². The second-order valence-electron chi connectivity index (χ2n) is 4.90. The van der Waals surface area contributed by atoms with E-state index >= 15 is 0 Å². The van der Waals surface area contributed by atoms with Gasteiger partial charge in [-0.15, -0.1) is 5.10 Å². The summed E-state index contributed by atoms with van der Waals surface area (Å²) < 4.78 is 3.44. The number of benzene rings is 1. The van der Waals surface area contributed by atoms with Crippen LogP contribution in [0.4, 0.5) is 5.95 Å². The van der Waals surface area contributed by atoms with Gasteiger partial charge in [-0.05, 0) is 35.0 Å². The number of carbonyl (C=O) groups is 1. The molecule has 0 atom stereocenters. The van der Waals surface area contributed by atoms with Crippen LogP contribution in [0, 0.1) is 6.92 Å². The average Bonchev–Trinajstić information content (AvgIpc) is 3.09. The van der Waals surface area contributed by atoms with Crippen molar-refractivity contribution in [2.75, 3.05) is 5.32 Å². The normalized spacial score (nSPS) is 10.6. The van der Waals surface area contributed by atoms with Crippen LogP contribution in [-0.4, -0.2) is 35.7 Å². The van der Waals surface area contributed by atoms with E-state index in [0.717, 1.165) is 11.4 Å². The highest BCUT2D eigenvalue weighted by Gasteiger charge is 2.09. The van der Waals surface area contributed by atoms with Crippen LogP contribution in [0.5, 0.6) is 0 Å². The van der Waals surface area contributed by atoms with Gasteiger partial charge in [0.05, 0.1) is 6.54 Å². The Balaban J connectivity index is 1.70. The first kappa shape index (κ1) is 13.9. The molecule has 0 radical (unpaired) electrons. The maximum Gasteiger partial charge on any atom is 0.257 e. The number of imidazole rings is 1. The Labute approximate surface area is 126 Å². The lowest BCUT2D eigenvalue weighted by Crippen LogP contribution is -2.15. The van der Waals surface area contributed by atoms with E-state index in [1.165, 1.54) is 0 Å². The van der Waals surface area contributed by atoms with Crippen molar-refractivity contribution in [2.45, 2.75) is 13.5 Å². The molecule has 0 bridgehead atoms. The fourth-order valence-electron chi connectivity index (χ4n) is 1.99. The van der Waals surface area contributed by atoms with E-state index in [9.17, 15) is 4.79 Å². The smallest absolute Gasteiger partial charge is 0.257 e. The van der Waals surface area contributed by atoms with Crippen molar-refractivity contribution in [2.24, 2.45) is 7.05 Å². The van der Waals surface area contributed by atoms with Crippen molar-refractivity contribution < 1.29 is 4.79 Å².